The molecule has 0 bridgehead atoms. The van der Waals surface area contributed by atoms with Crippen LogP contribution in [0.2, 0.25) is 0 Å². The fourth-order valence-electron chi connectivity index (χ4n) is 3.89. The van der Waals surface area contributed by atoms with E-state index in [-0.39, 0.29) is 30.1 Å². The highest BCUT2D eigenvalue weighted by atomic mass is 19.1. The second kappa shape index (κ2) is 8.09. The number of aryl methyl sites for hydroxylation is 1. The van der Waals surface area contributed by atoms with Gasteiger partial charge in [0, 0.05) is 35.3 Å². The van der Waals surface area contributed by atoms with E-state index in [9.17, 15) is 9.59 Å². The zero-order valence-corrected chi connectivity index (χ0v) is 18.5. The van der Waals surface area contributed by atoms with Crippen molar-refractivity contribution in [2.24, 2.45) is 0 Å². The van der Waals surface area contributed by atoms with E-state index in [1.165, 1.54) is 0 Å². The van der Waals surface area contributed by atoms with Crippen LogP contribution in [0.15, 0.2) is 24.3 Å². The van der Waals surface area contributed by atoms with E-state index in [0.29, 0.717) is 22.6 Å². The Balaban J connectivity index is 2.32. The van der Waals surface area contributed by atoms with Crippen LogP contribution in [-0.2, 0) is 16.6 Å². The standard InChI is InChI=1S/C24H29FN2O3/c1-7-15-8-9-16(18(25)12-15)21-14(2)19(27-11-10-20(28)26-23(27)29)13-17(22(21)30-6)24(3,4)5/h8-9,12-13H,7,10-11H2,1-6H3,(H,26,28,29). The molecule has 1 saturated heterocycles. The average molecular weight is 413 g/mol. The Kier molecular flexibility index (Phi) is 5.88. The van der Waals surface area contributed by atoms with Gasteiger partial charge in [-0.2, -0.15) is 0 Å². The third-order valence-corrected chi connectivity index (χ3v) is 5.58. The van der Waals surface area contributed by atoms with Gasteiger partial charge in [0.1, 0.15) is 11.6 Å². The number of nitrogens with zero attached hydrogens (tertiary/aromatic N) is 1. The summed E-state index contributed by atoms with van der Waals surface area (Å²) in [5, 5.41) is 2.37. The highest BCUT2D eigenvalue weighted by molar-refractivity contribution is 6.06. The van der Waals surface area contributed by atoms with Crippen molar-refractivity contribution in [2.75, 3.05) is 18.6 Å². The number of carbonyl (C=O) groups is 2. The van der Waals surface area contributed by atoms with Crippen LogP contribution in [0.3, 0.4) is 0 Å². The summed E-state index contributed by atoms with van der Waals surface area (Å²) in [6.45, 7) is 10.3. The molecule has 1 heterocycles. The van der Waals surface area contributed by atoms with E-state index in [1.54, 1.807) is 24.1 Å². The summed E-state index contributed by atoms with van der Waals surface area (Å²) in [7, 11) is 1.58. The van der Waals surface area contributed by atoms with Gasteiger partial charge in [-0.1, -0.05) is 39.8 Å². The van der Waals surface area contributed by atoms with Crippen molar-refractivity contribution in [2.45, 2.75) is 52.9 Å². The average Bonchev–Trinajstić information content (AvgIpc) is 2.67. The van der Waals surface area contributed by atoms with Gasteiger partial charge in [-0.3, -0.25) is 15.0 Å². The number of carbonyl (C=O) groups excluding carboxylic acids is 2. The number of hydrogen-bond donors (Lipinski definition) is 1. The first-order chi connectivity index (χ1) is 14.1. The molecule has 1 N–H and O–H groups in total. The largest absolute Gasteiger partial charge is 0.496 e. The maximum Gasteiger partial charge on any atom is 0.328 e. The normalized spacial score (nSPS) is 14.7. The number of anilines is 1. The lowest BCUT2D eigenvalue weighted by atomic mass is 9.81. The maximum absolute atomic E-state index is 15.2. The fourth-order valence-corrected chi connectivity index (χ4v) is 3.89. The molecule has 1 fully saturated rings. The van der Waals surface area contributed by atoms with E-state index in [1.807, 2.05) is 46.8 Å². The Morgan fingerprint density at radius 1 is 1.20 bits per heavy atom. The summed E-state index contributed by atoms with van der Waals surface area (Å²) < 4.78 is 21.0. The number of imide groups is 1. The quantitative estimate of drug-likeness (QED) is 0.759. The lowest BCUT2D eigenvalue weighted by Gasteiger charge is -2.32. The zero-order valence-electron chi connectivity index (χ0n) is 18.5. The van der Waals surface area contributed by atoms with Gasteiger partial charge in [-0.05, 0) is 42.0 Å². The van der Waals surface area contributed by atoms with Crippen LogP contribution in [0.25, 0.3) is 11.1 Å². The van der Waals surface area contributed by atoms with Crippen LogP contribution >= 0.6 is 0 Å². The number of ether oxygens (including phenoxy) is 1. The van der Waals surface area contributed by atoms with E-state index >= 15 is 4.39 Å². The first-order valence-electron chi connectivity index (χ1n) is 10.2. The zero-order chi connectivity index (χ0) is 22.2. The molecular weight excluding hydrogens is 383 g/mol. The molecule has 0 saturated carbocycles. The van der Waals surface area contributed by atoms with Gasteiger partial charge >= 0.3 is 6.03 Å². The van der Waals surface area contributed by atoms with Crippen LogP contribution in [-0.4, -0.2) is 25.6 Å². The molecule has 160 valence electrons. The summed E-state index contributed by atoms with van der Waals surface area (Å²) in [5.74, 6) is -0.0219. The molecule has 3 amide bonds. The number of nitrogens with one attached hydrogen (secondary N) is 1. The first kappa shape index (κ1) is 21.8. The number of methoxy groups -OCH3 is 1. The molecule has 0 aliphatic carbocycles. The molecule has 1 aliphatic rings. The Hall–Kier alpha value is -2.89. The number of amides is 3. The molecule has 2 aromatic rings. The molecule has 0 radical (unpaired) electrons. The third kappa shape index (κ3) is 3.91. The monoisotopic (exact) mass is 412 g/mol. The Labute approximate surface area is 177 Å². The summed E-state index contributed by atoms with van der Waals surface area (Å²) in [5.41, 5.74) is 3.91. The van der Waals surface area contributed by atoms with Crippen LogP contribution in [0.4, 0.5) is 14.9 Å². The van der Waals surface area contributed by atoms with Gasteiger partial charge < -0.3 is 4.74 Å². The van der Waals surface area contributed by atoms with Crippen molar-refractivity contribution >= 4 is 17.6 Å². The topological polar surface area (TPSA) is 58.6 Å². The summed E-state index contributed by atoms with van der Waals surface area (Å²) in [6, 6.07) is 6.68. The lowest BCUT2D eigenvalue weighted by molar-refractivity contribution is -0.120. The van der Waals surface area contributed by atoms with Gasteiger partial charge in [0.2, 0.25) is 5.91 Å². The van der Waals surface area contributed by atoms with Crippen molar-refractivity contribution < 1.29 is 18.7 Å². The SMILES string of the molecule is CCc1ccc(-c2c(C)c(N3CCC(=O)NC3=O)cc(C(C)(C)C)c2OC)c(F)c1. The van der Waals surface area contributed by atoms with Crippen LogP contribution in [0.1, 0.15) is 50.8 Å². The van der Waals surface area contributed by atoms with E-state index in [2.05, 4.69) is 5.32 Å². The Morgan fingerprint density at radius 3 is 2.43 bits per heavy atom. The van der Waals surface area contributed by atoms with Gasteiger partial charge in [-0.25, -0.2) is 9.18 Å². The smallest absolute Gasteiger partial charge is 0.328 e. The molecule has 2 aromatic carbocycles. The van der Waals surface area contributed by atoms with E-state index < -0.39 is 6.03 Å². The second-order valence-corrected chi connectivity index (χ2v) is 8.65. The van der Waals surface area contributed by atoms with Gasteiger partial charge in [-0.15, -0.1) is 0 Å². The summed E-state index contributed by atoms with van der Waals surface area (Å²) in [6.07, 6.45) is 0.958. The first-order valence-corrected chi connectivity index (χ1v) is 10.2. The second-order valence-electron chi connectivity index (χ2n) is 8.65. The van der Waals surface area contributed by atoms with E-state index in [4.69, 9.17) is 4.74 Å². The molecule has 30 heavy (non-hydrogen) atoms. The predicted molar refractivity (Wildman–Crippen MR) is 117 cm³/mol. The van der Waals surface area contributed by atoms with Crippen molar-refractivity contribution in [1.82, 2.24) is 5.32 Å². The van der Waals surface area contributed by atoms with E-state index in [0.717, 1.165) is 23.1 Å². The highest BCUT2D eigenvalue weighted by Gasteiger charge is 2.31. The molecule has 5 nitrogen and oxygen atoms in total. The van der Waals surface area contributed by atoms with Crippen LogP contribution < -0.4 is 15.0 Å². The van der Waals surface area contributed by atoms with Crippen LogP contribution in [0.5, 0.6) is 5.75 Å². The molecule has 1 aliphatic heterocycles. The van der Waals surface area contributed by atoms with Gasteiger partial charge in [0.25, 0.3) is 0 Å². The minimum absolute atomic E-state index is 0.219. The molecular formula is C24H29FN2O3. The Bertz CT molecular complexity index is 1010. The molecule has 6 heteroatoms. The molecule has 3 rings (SSSR count). The summed E-state index contributed by atoms with van der Waals surface area (Å²) in [4.78, 5) is 25.7. The molecule has 0 unspecified atom stereocenters. The Morgan fingerprint density at radius 2 is 1.90 bits per heavy atom. The number of halogens is 1. The van der Waals surface area contributed by atoms with Crippen molar-refractivity contribution in [3.05, 3.63) is 46.8 Å². The van der Waals surface area contributed by atoms with Crippen LogP contribution in [0, 0.1) is 12.7 Å². The summed E-state index contributed by atoms with van der Waals surface area (Å²) >= 11 is 0. The van der Waals surface area contributed by atoms with Gasteiger partial charge in [0.15, 0.2) is 0 Å². The molecule has 0 aromatic heterocycles. The molecule has 0 atom stereocenters. The van der Waals surface area contributed by atoms with Crippen molar-refractivity contribution in [3.63, 3.8) is 0 Å². The lowest BCUT2D eigenvalue weighted by Crippen LogP contribution is -2.50. The number of hydrogen-bond acceptors (Lipinski definition) is 3. The van der Waals surface area contributed by atoms with Crippen molar-refractivity contribution in [3.8, 4) is 16.9 Å². The minimum Gasteiger partial charge on any atom is -0.496 e. The number of urea groups is 1. The minimum atomic E-state index is -0.466. The third-order valence-electron chi connectivity index (χ3n) is 5.58. The van der Waals surface area contributed by atoms with Crippen molar-refractivity contribution in [1.29, 1.82) is 0 Å². The van der Waals surface area contributed by atoms with Gasteiger partial charge in [0.05, 0.1) is 7.11 Å². The fraction of sp³-hybridized carbons (Fsp3) is 0.417. The number of benzene rings is 2. The maximum atomic E-state index is 15.2. The molecule has 0 spiro atoms. The predicted octanol–water partition coefficient (Wildman–Crippen LogP) is 5.12. The highest BCUT2D eigenvalue weighted by Crippen LogP contribution is 2.46. The number of rotatable bonds is 4.